The fourth-order valence-corrected chi connectivity index (χ4v) is 2.08. The van der Waals surface area contributed by atoms with Crippen molar-refractivity contribution in [2.45, 2.75) is 25.9 Å². The summed E-state index contributed by atoms with van der Waals surface area (Å²) in [6.07, 6.45) is 6.33. The highest BCUT2D eigenvalue weighted by Gasteiger charge is 2.20. The molecule has 4 heteroatoms. The average molecular weight is 256 g/mol. The van der Waals surface area contributed by atoms with Crippen LogP contribution in [0, 0.1) is 0 Å². The van der Waals surface area contributed by atoms with Crippen molar-refractivity contribution in [1.29, 1.82) is 0 Å². The van der Waals surface area contributed by atoms with E-state index in [9.17, 15) is 0 Å². The number of allylic oxidation sites excluding steroid dienone is 1. The third-order valence-corrected chi connectivity index (χ3v) is 3.27. The molecule has 0 aromatic rings. The number of nitrogens with one attached hydrogen (secondary N) is 1. The van der Waals surface area contributed by atoms with Crippen LogP contribution in [0.2, 0.25) is 0 Å². The molecule has 76 valence electrons. The zero-order chi connectivity index (χ0) is 10.1. The van der Waals surface area contributed by atoms with Gasteiger partial charge in [0.2, 0.25) is 0 Å². The molecular formula is C10H14BrN3. The molecule has 1 atom stereocenters. The maximum Gasteiger partial charge on any atom is 0.122 e. The number of hydrogen-bond acceptors (Lipinski definition) is 3. The molecule has 0 aliphatic carbocycles. The summed E-state index contributed by atoms with van der Waals surface area (Å²) in [5, 5.41) is 3.20. The smallest absolute Gasteiger partial charge is 0.122 e. The summed E-state index contributed by atoms with van der Waals surface area (Å²) < 4.78 is 1.13. The largest absolute Gasteiger partial charge is 0.359 e. The van der Waals surface area contributed by atoms with Gasteiger partial charge in [-0.1, -0.05) is 6.92 Å². The molecule has 0 radical (unpaired) electrons. The van der Waals surface area contributed by atoms with Crippen molar-refractivity contribution in [1.82, 2.24) is 10.2 Å². The normalized spacial score (nSPS) is 25.8. The summed E-state index contributed by atoms with van der Waals surface area (Å²) >= 11 is 3.53. The Bertz CT molecular complexity index is 330. The van der Waals surface area contributed by atoms with E-state index in [-0.39, 0.29) is 6.17 Å². The number of amidine groups is 1. The molecule has 2 heterocycles. The van der Waals surface area contributed by atoms with Crippen molar-refractivity contribution in [3.8, 4) is 0 Å². The van der Waals surface area contributed by atoms with Crippen LogP contribution in [0.4, 0.5) is 0 Å². The van der Waals surface area contributed by atoms with Gasteiger partial charge in [0, 0.05) is 30.4 Å². The van der Waals surface area contributed by atoms with E-state index in [4.69, 9.17) is 0 Å². The zero-order valence-corrected chi connectivity index (χ0v) is 10.0. The number of halogens is 1. The van der Waals surface area contributed by atoms with E-state index in [1.807, 2.05) is 6.20 Å². The first-order valence-corrected chi connectivity index (χ1v) is 5.62. The minimum Gasteiger partial charge on any atom is -0.359 e. The Balaban J connectivity index is 2.37. The van der Waals surface area contributed by atoms with E-state index in [2.05, 4.69) is 51.3 Å². The quantitative estimate of drug-likeness (QED) is 0.778. The molecule has 0 saturated carbocycles. The van der Waals surface area contributed by atoms with E-state index >= 15 is 0 Å². The molecule has 0 saturated heterocycles. The highest BCUT2D eigenvalue weighted by molar-refractivity contribution is 9.12. The van der Waals surface area contributed by atoms with Crippen molar-refractivity contribution in [3.05, 3.63) is 22.5 Å². The number of hydrogen-bond donors (Lipinski definition) is 1. The standard InChI is InChI=1S/C10H14BrN3/c1-3-10-13-9-4-7(6-14(10)2)8(11)5-12-9/h5-6,10H,3-4H2,1-2H3,(H,12,13). The lowest BCUT2D eigenvalue weighted by atomic mass is 10.1. The van der Waals surface area contributed by atoms with Gasteiger partial charge in [-0.2, -0.15) is 0 Å². The predicted molar refractivity (Wildman–Crippen MR) is 62.1 cm³/mol. The van der Waals surface area contributed by atoms with E-state index in [1.54, 1.807) is 0 Å². The lowest BCUT2D eigenvalue weighted by molar-refractivity contribution is 0.331. The van der Waals surface area contributed by atoms with Gasteiger partial charge in [0.25, 0.3) is 0 Å². The van der Waals surface area contributed by atoms with Gasteiger partial charge in [0.15, 0.2) is 0 Å². The van der Waals surface area contributed by atoms with Crippen LogP contribution in [0.1, 0.15) is 19.8 Å². The van der Waals surface area contributed by atoms with Gasteiger partial charge in [0.1, 0.15) is 12.0 Å². The predicted octanol–water partition coefficient (Wildman–Crippen LogP) is 2.18. The minimum absolute atomic E-state index is 0.266. The van der Waals surface area contributed by atoms with Gasteiger partial charge in [-0.25, -0.2) is 4.99 Å². The fourth-order valence-electron chi connectivity index (χ4n) is 1.73. The Morgan fingerprint density at radius 1 is 1.71 bits per heavy atom. The molecule has 1 unspecified atom stereocenters. The minimum atomic E-state index is 0.266. The first kappa shape index (κ1) is 9.77. The van der Waals surface area contributed by atoms with Crippen LogP contribution in [-0.4, -0.2) is 23.9 Å². The molecule has 0 amide bonds. The van der Waals surface area contributed by atoms with Gasteiger partial charge in [-0.05, 0) is 27.9 Å². The Morgan fingerprint density at radius 2 is 2.50 bits per heavy atom. The Labute approximate surface area is 92.7 Å². The number of fused-ring (bicyclic) bond motifs is 2. The molecular weight excluding hydrogens is 242 g/mol. The molecule has 0 aromatic carbocycles. The molecule has 2 rings (SSSR count). The van der Waals surface area contributed by atoms with Crippen molar-refractivity contribution in [2.24, 2.45) is 4.99 Å². The first-order valence-electron chi connectivity index (χ1n) is 4.82. The van der Waals surface area contributed by atoms with E-state index in [0.29, 0.717) is 0 Å². The summed E-state index contributed by atoms with van der Waals surface area (Å²) in [5.41, 5.74) is 1.29. The maximum atomic E-state index is 4.64. The van der Waals surface area contributed by atoms with E-state index in [0.717, 1.165) is 23.2 Å². The summed E-state index contributed by atoms with van der Waals surface area (Å²) in [6.45, 7) is 2.15. The van der Waals surface area contributed by atoms with Crippen molar-refractivity contribution < 1.29 is 0 Å². The third kappa shape index (κ3) is 1.71. The van der Waals surface area contributed by atoms with Crippen molar-refractivity contribution >= 4 is 21.8 Å². The highest BCUT2D eigenvalue weighted by Crippen LogP contribution is 2.26. The lowest BCUT2D eigenvalue weighted by Gasteiger charge is -2.20. The van der Waals surface area contributed by atoms with Crippen LogP contribution in [0.25, 0.3) is 0 Å². The SMILES string of the molecule is CCC1N=C2CC(=CN1C)C(Br)=CN2. The summed E-state index contributed by atoms with van der Waals surface area (Å²) in [7, 11) is 2.08. The summed E-state index contributed by atoms with van der Waals surface area (Å²) in [5.74, 6) is 1.07. The number of rotatable bonds is 1. The third-order valence-electron chi connectivity index (χ3n) is 2.53. The second kappa shape index (κ2) is 3.77. The van der Waals surface area contributed by atoms with Crippen LogP contribution < -0.4 is 5.32 Å². The molecule has 14 heavy (non-hydrogen) atoms. The van der Waals surface area contributed by atoms with Gasteiger partial charge in [0.05, 0.1) is 0 Å². The molecule has 2 bridgehead atoms. The highest BCUT2D eigenvalue weighted by atomic mass is 79.9. The first-order chi connectivity index (χ1) is 6.70. The van der Waals surface area contributed by atoms with Crippen LogP contribution in [0.3, 0.4) is 0 Å². The summed E-state index contributed by atoms with van der Waals surface area (Å²) in [6, 6.07) is 0. The van der Waals surface area contributed by atoms with Gasteiger partial charge < -0.3 is 10.2 Å². The fraction of sp³-hybridized carbons (Fsp3) is 0.500. The van der Waals surface area contributed by atoms with Crippen molar-refractivity contribution in [2.75, 3.05) is 7.05 Å². The Morgan fingerprint density at radius 3 is 3.21 bits per heavy atom. The molecule has 0 aromatic heterocycles. The lowest BCUT2D eigenvalue weighted by Crippen LogP contribution is -2.26. The van der Waals surface area contributed by atoms with E-state index < -0.39 is 0 Å². The Kier molecular flexibility index (Phi) is 2.63. The molecule has 2 aliphatic rings. The van der Waals surface area contributed by atoms with E-state index in [1.165, 1.54) is 5.57 Å². The molecule has 0 spiro atoms. The topological polar surface area (TPSA) is 27.6 Å². The second-order valence-electron chi connectivity index (χ2n) is 3.60. The number of nitrogens with zero attached hydrogens (tertiary/aromatic N) is 2. The average Bonchev–Trinajstić information content (AvgIpc) is 2.30. The van der Waals surface area contributed by atoms with Crippen LogP contribution in [-0.2, 0) is 0 Å². The van der Waals surface area contributed by atoms with Crippen LogP contribution in [0.5, 0.6) is 0 Å². The molecule has 3 nitrogen and oxygen atoms in total. The second-order valence-corrected chi connectivity index (χ2v) is 4.45. The molecule has 1 N–H and O–H groups in total. The van der Waals surface area contributed by atoms with Crippen LogP contribution >= 0.6 is 15.9 Å². The van der Waals surface area contributed by atoms with Gasteiger partial charge >= 0.3 is 0 Å². The van der Waals surface area contributed by atoms with Gasteiger partial charge in [-0.15, -0.1) is 0 Å². The Hall–Kier alpha value is -0.770. The number of aliphatic imine (C=N–C) groups is 1. The summed E-state index contributed by atoms with van der Waals surface area (Å²) in [4.78, 5) is 6.81. The zero-order valence-electron chi connectivity index (χ0n) is 8.42. The molecule has 0 fully saturated rings. The van der Waals surface area contributed by atoms with Crippen LogP contribution in [0.15, 0.2) is 27.4 Å². The maximum absolute atomic E-state index is 4.64. The monoisotopic (exact) mass is 255 g/mol. The van der Waals surface area contributed by atoms with Crippen molar-refractivity contribution in [3.63, 3.8) is 0 Å². The van der Waals surface area contributed by atoms with Gasteiger partial charge in [-0.3, -0.25) is 0 Å². The molecule has 2 aliphatic heterocycles.